The number of urea groups is 1. The monoisotopic (exact) mass is 315 g/mol. The van der Waals surface area contributed by atoms with Crippen molar-refractivity contribution in [3.05, 3.63) is 54.1 Å². The number of nitrogens with one attached hydrogen (secondary N) is 1. The van der Waals surface area contributed by atoms with Gasteiger partial charge in [0.25, 0.3) is 0 Å². The van der Waals surface area contributed by atoms with Crippen LogP contribution >= 0.6 is 0 Å². The Kier molecular flexibility index (Phi) is 3.62. The van der Waals surface area contributed by atoms with Gasteiger partial charge in [0, 0.05) is 30.4 Å². The van der Waals surface area contributed by atoms with Crippen molar-refractivity contribution in [2.75, 3.05) is 18.6 Å². The van der Waals surface area contributed by atoms with Gasteiger partial charge in [-0.1, -0.05) is 18.2 Å². The van der Waals surface area contributed by atoms with Crippen molar-refractivity contribution in [3.8, 4) is 0 Å². The van der Waals surface area contributed by atoms with Crippen molar-refractivity contribution >= 4 is 27.1 Å². The van der Waals surface area contributed by atoms with Crippen LogP contribution in [0.15, 0.2) is 57.8 Å². The molecule has 1 aliphatic heterocycles. The van der Waals surface area contributed by atoms with E-state index in [0.717, 1.165) is 11.3 Å². The summed E-state index contributed by atoms with van der Waals surface area (Å²) in [5.41, 5.74) is 2.40. The van der Waals surface area contributed by atoms with Gasteiger partial charge in [0.2, 0.25) is 0 Å². The summed E-state index contributed by atoms with van der Waals surface area (Å²) in [4.78, 5) is 13.9. The van der Waals surface area contributed by atoms with Crippen LogP contribution in [-0.4, -0.2) is 28.4 Å². The van der Waals surface area contributed by atoms with E-state index in [-0.39, 0.29) is 6.03 Å². The first-order valence-electron chi connectivity index (χ1n) is 6.88. The number of fused-ring (bicyclic) bond motifs is 1. The minimum Gasteiger partial charge on any atom is -0.323 e. The zero-order chi connectivity index (χ0) is 15.7. The number of nitrogens with zero attached hydrogens (tertiary/aromatic N) is 2. The Hall–Kier alpha value is -2.34. The number of hydrogen-bond acceptors (Lipinski definition) is 3. The van der Waals surface area contributed by atoms with Gasteiger partial charge in [-0.15, -0.1) is 0 Å². The summed E-state index contributed by atoms with van der Waals surface area (Å²) >= 11 is 0. The molecule has 5 nitrogen and oxygen atoms in total. The number of amides is 2. The van der Waals surface area contributed by atoms with E-state index >= 15 is 0 Å². The van der Waals surface area contributed by atoms with Gasteiger partial charge in [-0.25, -0.2) is 9.00 Å². The standard InChI is InChI=1S/C16H17N3O2S/c1-19-11-12-10-13(8-9-15(12)17-16(19)20)18-22(2,21)14-6-4-3-5-7-14/h3-10H,11H2,1-2H3,(H,17,20)/t22-/m0/s1. The highest BCUT2D eigenvalue weighted by molar-refractivity contribution is 7.93. The Balaban J connectivity index is 2.00. The smallest absolute Gasteiger partial charge is 0.321 e. The summed E-state index contributed by atoms with van der Waals surface area (Å²) in [5.74, 6) is 0. The van der Waals surface area contributed by atoms with Crippen LogP contribution in [0.3, 0.4) is 0 Å². The fourth-order valence-electron chi connectivity index (χ4n) is 2.35. The molecule has 0 fully saturated rings. The van der Waals surface area contributed by atoms with Gasteiger partial charge >= 0.3 is 6.03 Å². The van der Waals surface area contributed by atoms with Crippen LogP contribution in [0.2, 0.25) is 0 Å². The Morgan fingerprint density at radius 2 is 1.91 bits per heavy atom. The molecule has 2 aromatic carbocycles. The fraction of sp³-hybridized carbons (Fsp3) is 0.188. The lowest BCUT2D eigenvalue weighted by Crippen LogP contribution is -2.35. The van der Waals surface area contributed by atoms with Crippen LogP contribution in [-0.2, 0) is 16.3 Å². The molecule has 3 rings (SSSR count). The Labute approximate surface area is 130 Å². The van der Waals surface area contributed by atoms with E-state index in [1.165, 1.54) is 0 Å². The summed E-state index contributed by atoms with van der Waals surface area (Å²) in [6.45, 7) is 0.515. The Morgan fingerprint density at radius 1 is 1.18 bits per heavy atom. The van der Waals surface area contributed by atoms with Crippen molar-refractivity contribution < 1.29 is 9.00 Å². The lowest BCUT2D eigenvalue weighted by atomic mass is 10.1. The van der Waals surface area contributed by atoms with E-state index in [1.54, 1.807) is 30.3 Å². The SMILES string of the molecule is CN1Cc2cc(N=[S@@](C)(=O)c3ccccc3)ccc2NC1=O. The van der Waals surface area contributed by atoms with Gasteiger partial charge in [0.1, 0.15) is 0 Å². The third-order valence-electron chi connectivity index (χ3n) is 3.54. The topological polar surface area (TPSA) is 61.8 Å². The molecule has 1 N–H and O–H groups in total. The highest BCUT2D eigenvalue weighted by Gasteiger charge is 2.19. The third kappa shape index (κ3) is 2.82. The maximum absolute atomic E-state index is 12.8. The molecule has 114 valence electrons. The second-order valence-corrected chi connectivity index (χ2v) is 7.59. The maximum atomic E-state index is 12.8. The molecule has 0 radical (unpaired) electrons. The van der Waals surface area contributed by atoms with Gasteiger partial charge in [-0.3, -0.25) is 0 Å². The first-order valence-corrected chi connectivity index (χ1v) is 8.80. The molecular formula is C16H17N3O2S. The molecule has 0 saturated carbocycles. The van der Waals surface area contributed by atoms with E-state index < -0.39 is 9.73 Å². The van der Waals surface area contributed by atoms with E-state index in [1.807, 2.05) is 36.4 Å². The molecule has 0 aliphatic carbocycles. The first kappa shape index (κ1) is 14.6. The van der Waals surface area contributed by atoms with Crippen molar-refractivity contribution in [2.45, 2.75) is 11.4 Å². The fourth-order valence-corrected chi connectivity index (χ4v) is 3.64. The predicted octanol–water partition coefficient (Wildman–Crippen LogP) is 3.45. The average molecular weight is 315 g/mol. The molecule has 2 amide bonds. The van der Waals surface area contributed by atoms with Crippen LogP contribution in [0.1, 0.15) is 5.56 Å². The highest BCUT2D eigenvalue weighted by atomic mass is 32.2. The molecule has 0 aromatic heterocycles. The maximum Gasteiger partial charge on any atom is 0.321 e. The zero-order valence-electron chi connectivity index (χ0n) is 12.4. The normalized spacial score (nSPS) is 16.5. The van der Waals surface area contributed by atoms with Crippen LogP contribution in [0, 0.1) is 0 Å². The molecule has 0 bridgehead atoms. The second kappa shape index (κ2) is 5.46. The molecule has 6 heteroatoms. The molecule has 1 heterocycles. The van der Waals surface area contributed by atoms with Gasteiger partial charge in [-0.2, -0.15) is 4.36 Å². The number of carbonyl (C=O) groups is 1. The number of carbonyl (C=O) groups excluding carboxylic acids is 1. The zero-order valence-corrected chi connectivity index (χ0v) is 13.3. The number of hydrogen-bond donors (Lipinski definition) is 1. The summed E-state index contributed by atoms with van der Waals surface area (Å²) in [5, 5.41) is 2.81. The van der Waals surface area contributed by atoms with Crippen LogP contribution < -0.4 is 5.32 Å². The number of anilines is 1. The molecule has 0 unspecified atom stereocenters. The number of benzene rings is 2. The lowest BCUT2D eigenvalue weighted by Gasteiger charge is -2.25. The molecule has 1 atom stereocenters. The first-order chi connectivity index (χ1) is 10.5. The Morgan fingerprint density at radius 3 is 2.64 bits per heavy atom. The molecule has 2 aromatic rings. The van der Waals surface area contributed by atoms with E-state index in [9.17, 15) is 9.00 Å². The van der Waals surface area contributed by atoms with Crippen molar-refractivity contribution in [1.29, 1.82) is 0 Å². The molecule has 22 heavy (non-hydrogen) atoms. The minimum absolute atomic E-state index is 0.124. The van der Waals surface area contributed by atoms with Gasteiger partial charge < -0.3 is 10.2 Å². The van der Waals surface area contributed by atoms with Gasteiger partial charge in [0.05, 0.1) is 15.4 Å². The summed E-state index contributed by atoms with van der Waals surface area (Å²) < 4.78 is 17.2. The van der Waals surface area contributed by atoms with Gasteiger partial charge in [0.15, 0.2) is 0 Å². The summed E-state index contributed by atoms with van der Waals surface area (Å²) in [6.07, 6.45) is 1.63. The quantitative estimate of drug-likeness (QED) is 0.922. The van der Waals surface area contributed by atoms with E-state index in [2.05, 4.69) is 9.68 Å². The van der Waals surface area contributed by atoms with Gasteiger partial charge in [-0.05, 0) is 35.9 Å². The number of rotatable bonds is 2. The summed E-state index contributed by atoms with van der Waals surface area (Å²) in [6, 6.07) is 14.6. The second-order valence-electron chi connectivity index (χ2n) is 5.33. The van der Waals surface area contributed by atoms with E-state index in [0.29, 0.717) is 17.1 Å². The Bertz CT molecular complexity index is 840. The lowest BCUT2D eigenvalue weighted by molar-refractivity contribution is 0.218. The molecule has 1 aliphatic rings. The largest absolute Gasteiger partial charge is 0.323 e. The highest BCUT2D eigenvalue weighted by Crippen LogP contribution is 2.28. The van der Waals surface area contributed by atoms with Crippen LogP contribution in [0.5, 0.6) is 0 Å². The predicted molar refractivity (Wildman–Crippen MR) is 87.8 cm³/mol. The van der Waals surface area contributed by atoms with E-state index in [4.69, 9.17) is 0 Å². The van der Waals surface area contributed by atoms with Crippen LogP contribution in [0.4, 0.5) is 16.2 Å². The third-order valence-corrected chi connectivity index (χ3v) is 5.25. The summed E-state index contributed by atoms with van der Waals surface area (Å²) in [7, 11) is -0.759. The molecular weight excluding hydrogens is 298 g/mol. The van der Waals surface area contributed by atoms with Crippen LogP contribution in [0.25, 0.3) is 0 Å². The molecule has 0 saturated heterocycles. The molecule has 0 spiro atoms. The minimum atomic E-state index is -2.49. The van der Waals surface area contributed by atoms with Crippen molar-refractivity contribution in [1.82, 2.24) is 4.90 Å². The average Bonchev–Trinajstić information content (AvgIpc) is 2.49. The van der Waals surface area contributed by atoms with Crippen molar-refractivity contribution in [2.24, 2.45) is 4.36 Å². The van der Waals surface area contributed by atoms with Crippen molar-refractivity contribution in [3.63, 3.8) is 0 Å².